The highest BCUT2D eigenvalue weighted by Gasteiger charge is 2.33. The molecule has 0 heterocycles. The van der Waals surface area contributed by atoms with Gasteiger partial charge in [-0.25, -0.2) is 8.78 Å². The lowest BCUT2D eigenvalue weighted by molar-refractivity contribution is 0.175. The fourth-order valence-corrected chi connectivity index (χ4v) is 2.96. The summed E-state index contributed by atoms with van der Waals surface area (Å²) in [5, 5.41) is 0. The smallest absolute Gasteiger partial charge is 0.137 e. The Bertz CT molecular complexity index is 673. The maximum Gasteiger partial charge on any atom is 0.137 e. The molecule has 2 rings (SSSR count). The van der Waals surface area contributed by atoms with Gasteiger partial charge < -0.3 is 0 Å². The van der Waals surface area contributed by atoms with Crippen LogP contribution in [0.25, 0.3) is 6.08 Å². The van der Waals surface area contributed by atoms with E-state index < -0.39 is 11.8 Å². The standard InChI is InChI=1S/C20H20F2S/c1-15(21)14-20(2,22)18(13-16-9-5-3-6-10-16)19(23)17-11-7-4-8-12-17/h3-13,15H,14H2,1-2H3. The summed E-state index contributed by atoms with van der Waals surface area (Å²) in [6, 6.07) is 18.7. The van der Waals surface area contributed by atoms with E-state index >= 15 is 4.39 Å². The van der Waals surface area contributed by atoms with E-state index in [9.17, 15) is 4.39 Å². The number of allylic oxidation sites excluding steroid dienone is 1. The zero-order valence-electron chi connectivity index (χ0n) is 13.3. The molecule has 0 aliphatic rings. The molecule has 0 saturated carbocycles. The Hall–Kier alpha value is -1.87. The van der Waals surface area contributed by atoms with Crippen molar-refractivity contribution in [3.05, 3.63) is 77.4 Å². The number of hydrogen-bond acceptors (Lipinski definition) is 1. The Morgan fingerprint density at radius 1 is 1.09 bits per heavy atom. The number of hydrogen-bond donors (Lipinski definition) is 0. The van der Waals surface area contributed by atoms with Gasteiger partial charge in [-0.1, -0.05) is 72.9 Å². The van der Waals surface area contributed by atoms with Crippen LogP contribution in [-0.2, 0) is 0 Å². The number of benzene rings is 2. The van der Waals surface area contributed by atoms with E-state index in [1.54, 1.807) is 6.08 Å². The lowest BCUT2D eigenvalue weighted by atomic mass is 9.86. The molecule has 0 spiro atoms. The molecule has 2 unspecified atom stereocenters. The van der Waals surface area contributed by atoms with E-state index in [0.29, 0.717) is 10.4 Å². The van der Waals surface area contributed by atoms with Crippen LogP contribution in [0.1, 0.15) is 31.4 Å². The third-order valence-corrected chi connectivity index (χ3v) is 4.07. The molecule has 0 amide bonds. The van der Waals surface area contributed by atoms with Crippen LogP contribution in [0.3, 0.4) is 0 Å². The molecule has 3 heteroatoms. The van der Waals surface area contributed by atoms with Crippen LogP contribution in [0, 0.1) is 0 Å². The molecule has 0 bridgehead atoms. The lowest BCUT2D eigenvalue weighted by Crippen LogP contribution is -2.29. The third-order valence-electron chi connectivity index (χ3n) is 3.62. The van der Waals surface area contributed by atoms with Gasteiger partial charge in [-0.05, 0) is 31.1 Å². The van der Waals surface area contributed by atoms with Crippen LogP contribution < -0.4 is 0 Å². The molecule has 120 valence electrons. The van der Waals surface area contributed by atoms with Gasteiger partial charge in [-0.3, -0.25) is 0 Å². The minimum absolute atomic E-state index is 0.224. The van der Waals surface area contributed by atoms with Crippen molar-refractivity contribution in [1.29, 1.82) is 0 Å². The van der Waals surface area contributed by atoms with Crippen LogP contribution in [0.4, 0.5) is 8.78 Å². The Balaban J connectivity index is 2.47. The van der Waals surface area contributed by atoms with Crippen LogP contribution >= 0.6 is 12.2 Å². The maximum absolute atomic E-state index is 15.2. The number of alkyl halides is 2. The molecule has 0 N–H and O–H groups in total. The van der Waals surface area contributed by atoms with E-state index in [0.717, 1.165) is 11.1 Å². The highest BCUT2D eigenvalue weighted by Crippen LogP contribution is 2.32. The van der Waals surface area contributed by atoms with Crippen molar-refractivity contribution in [3.8, 4) is 0 Å². The Kier molecular flexibility index (Phi) is 5.78. The quantitative estimate of drug-likeness (QED) is 0.357. The summed E-state index contributed by atoms with van der Waals surface area (Å²) in [6.07, 6.45) is 0.249. The molecule has 2 aromatic carbocycles. The van der Waals surface area contributed by atoms with Gasteiger partial charge >= 0.3 is 0 Å². The Morgan fingerprint density at radius 3 is 2.13 bits per heavy atom. The summed E-state index contributed by atoms with van der Waals surface area (Å²) in [7, 11) is 0. The van der Waals surface area contributed by atoms with Gasteiger partial charge in [0.25, 0.3) is 0 Å². The van der Waals surface area contributed by atoms with Crippen LogP contribution in [-0.4, -0.2) is 16.7 Å². The molecule has 0 fully saturated rings. The molecule has 0 nitrogen and oxygen atoms in total. The average Bonchev–Trinajstić information content (AvgIpc) is 2.52. The second kappa shape index (κ2) is 7.60. The van der Waals surface area contributed by atoms with Gasteiger partial charge in [0.15, 0.2) is 0 Å². The fraction of sp³-hybridized carbons (Fsp3) is 0.250. The number of halogens is 2. The monoisotopic (exact) mass is 330 g/mol. The van der Waals surface area contributed by atoms with Crippen molar-refractivity contribution in [1.82, 2.24) is 0 Å². The van der Waals surface area contributed by atoms with Crippen LogP contribution in [0.15, 0.2) is 66.2 Å². The van der Waals surface area contributed by atoms with Crippen molar-refractivity contribution in [2.45, 2.75) is 32.1 Å². The first-order chi connectivity index (χ1) is 10.9. The highest BCUT2D eigenvalue weighted by atomic mass is 32.1. The van der Waals surface area contributed by atoms with Gasteiger partial charge in [0.2, 0.25) is 0 Å². The SMILES string of the molecule is CC(F)CC(C)(F)C(=Cc1ccccc1)C(=S)c1ccccc1. The van der Waals surface area contributed by atoms with Crippen molar-refractivity contribution in [3.63, 3.8) is 0 Å². The average molecular weight is 330 g/mol. The van der Waals surface area contributed by atoms with Gasteiger partial charge in [0, 0.05) is 12.0 Å². The summed E-state index contributed by atoms with van der Waals surface area (Å²) < 4.78 is 28.7. The first-order valence-corrected chi connectivity index (χ1v) is 8.01. The third kappa shape index (κ3) is 4.80. The van der Waals surface area contributed by atoms with Gasteiger partial charge in [-0.15, -0.1) is 0 Å². The zero-order chi connectivity index (χ0) is 16.9. The summed E-state index contributed by atoms with van der Waals surface area (Å²) in [6.45, 7) is 2.76. The predicted octanol–water partition coefficient (Wildman–Crippen LogP) is 5.96. The minimum atomic E-state index is -1.84. The zero-order valence-corrected chi connectivity index (χ0v) is 14.1. The second-order valence-corrected chi connectivity index (χ2v) is 6.25. The van der Waals surface area contributed by atoms with Gasteiger partial charge in [0.05, 0.1) is 4.86 Å². The van der Waals surface area contributed by atoms with Crippen LogP contribution in [0.2, 0.25) is 0 Å². The molecule has 2 atom stereocenters. The van der Waals surface area contributed by atoms with E-state index in [-0.39, 0.29) is 6.42 Å². The summed E-state index contributed by atoms with van der Waals surface area (Å²) in [5.41, 5.74) is 0.113. The van der Waals surface area contributed by atoms with E-state index in [1.807, 2.05) is 60.7 Å². The van der Waals surface area contributed by atoms with Crippen molar-refractivity contribution < 1.29 is 8.78 Å². The van der Waals surface area contributed by atoms with Crippen LogP contribution in [0.5, 0.6) is 0 Å². The summed E-state index contributed by atoms with van der Waals surface area (Å²) >= 11 is 5.51. The Labute approximate surface area is 141 Å². The highest BCUT2D eigenvalue weighted by molar-refractivity contribution is 7.81. The van der Waals surface area contributed by atoms with E-state index in [1.165, 1.54) is 13.8 Å². The predicted molar refractivity (Wildman–Crippen MR) is 97.3 cm³/mol. The molecule has 23 heavy (non-hydrogen) atoms. The lowest BCUT2D eigenvalue weighted by Gasteiger charge is -2.26. The van der Waals surface area contributed by atoms with Gasteiger partial charge in [-0.2, -0.15) is 0 Å². The molecule has 0 aliphatic heterocycles. The molecule has 2 aromatic rings. The first kappa shape index (κ1) is 17.5. The Morgan fingerprint density at radius 2 is 1.61 bits per heavy atom. The van der Waals surface area contributed by atoms with Crippen molar-refractivity contribution in [2.75, 3.05) is 0 Å². The van der Waals surface area contributed by atoms with E-state index in [2.05, 4.69) is 0 Å². The van der Waals surface area contributed by atoms with E-state index in [4.69, 9.17) is 12.2 Å². The second-order valence-electron chi connectivity index (χ2n) is 5.85. The largest absolute Gasteiger partial charge is 0.248 e. The fourth-order valence-electron chi connectivity index (χ4n) is 2.55. The molecular weight excluding hydrogens is 310 g/mol. The number of rotatable bonds is 6. The topological polar surface area (TPSA) is 0 Å². The summed E-state index contributed by atoms with van der Waals surface area (Å²) in [5.74, 6) is 0. The molecule has 0 aliphatic carbocycles. The van der Waals surface area contributed by atoms with Crippen molar-refractivity contribution in [2.24, 2.45) is 0 Å². The normalized spacial score (nSPS) is 15.7. The molecular formula is C20H20F2S. The summed E-state index contributed by atoms with van der Waals surface area (Å²) in [4.78, 5) is 0.417. The minimum Gasteiger partial charge on any atom is -0.248 e. The van der Waals surface area contributed by atoms with Gasteiger partial charge in [0.1, 0.15) is 11.8 Å². The molecule has 0 saturated heterocycles. The van der Waals surface area contributed by atoms with Crippen molar-refractivity contribution >= 4 is 23.2 Å². The number of thiocarbonyl (C=S) groups is 1. The molecule has 0 radical (unpaired) electrons. The first-order valence-electron chi connectivity index (χ1n) is 7.60. The maximum atomic E-state index is 15.2. The molecule has 0 aromatic heterocycles.